The molecular formula is C36H40Cl2CoN4O8+. The number of halogens is 2. The minimum absolute atomic E-state index is 0. The van der Waals surface area contributed by atoms with Crippen LogP contribution in [0.5, 0.6) is 0 Å². The van der Waals surface area contributed by atoms with Gasteiger partial charge in [-0.3, -0.25) is 9.98 Å². The van der Waals surface area contributed by atoms with Crippen LogP contribution >= 0.6 is 23.2 Å². The van der Waals surface area contributed by atoms with Gasteiger partial charge < -0.3 is 29.2 Å². The maximum atomic E-state index is 12.2. The molecule has 4 rings (SSSR count). The van der Waals surface area contributed by atoms with E-state index in [-0.39, 0.29) is 53.5 Å². The Hall–Kier alpha value is -4.17. The van der Waals surface area contributed by atoms with Crippen LogP contribution in [0.4, 0.5) is 0 Å². The Kier molecular flexibility index (Phi) is 15.9. The number of nitrogens with zero attached hydrogens (tertiary/aromatic N) is 4. The fraction of sp³-hybridized carbons (Fsp3) is 0.389. The summed E-state index contributed by atoms with van der Waals surface area (Å²) in [5.41, 5.74) is 6.88. The molecule has 0 aromatic rings. The maximum Gasteiger partial charge on any atom is 3.00 e. The normalized spacial score (nSPS) is 20.5. The molecule has 0 radical (unpaired) electrons. The van der Waals surface area contributed by atoms with Gasteiger partial charge in [0.15, 0.2) is 0 Å². The fourth-order valence-corrected chi connectivity index (χ4v) is 5.57. The second-order valence-electron chi connectivity index (χ2n) is 10.9. The van der Waals surface area contributed by atoms with Crippen molar-refractivity contribution in [2.24, 2.45) is 20.0 Å². The quantitative estimate of drug-likeness (QED) is 0.159. The Morgan fingerprint density at radius 2 is 0.882 bits per heavy atom. The maximum absolute atomic E-state index is 12.2. The molecule has 0 N–H and O–H groups in total. The molecule has 0 aliphatic carbocycles. The first-order chi connectivity index (χ1) is 23.6. The van der Waals surface area contributed by atoms with Gasteiger partial charge >= 0.3 is 28.7 Å². The number of allylic oxidation sites excluding steroid dienone is 8. The first-order valence-corrected chi connectivity index (χ1v) is 16.7. The molecule has 0 unspecified atom stereocenters. The van der Waals surface area contributed by atoms with Gasteiger partial charge in [0.05, 0.1) is 70.5 Å². The van der Waals surface area contributed by atoms with Crippen molar-refractivity contribution in [3.63, 3.8) is 0 Å². The number of carbonyl (C=O) groups excluding carboxylic acids is 2. The number of aliphatic imine (C=N–C) groups is 4. The summed E-state index contributed by atoms with van der Waals surface area (Å²) in [6.07, 6.45) is 3.27. The molecule has 4 heterocycles. The van der Waals surface area contributed by atoms with E-state index in [4.69, 9.17) is 42.1 Å². The predicted molar refractivity (Wildman–Crippen MR) is 190 cm³/mol. The summed E-state index contributed by atoms with van der Waals surface area (Å²) in [7, 11) is 0. The Labute approximate surface area is 318 Å². The zero-order valence-electron chi connectivity index (χ0n) is 30.1. The molecule has 4 aliphatic heterocycles. The Morgan fingerprint density at radius 3 is 1.18 bits per heavy atom. The predicted octanol–water partition coefficient (Wildman–Crippen LogP) is 5.51. The van der Waals surface area contributed by atoms with Crippen LogP contribution in [0.25, 0.3) is 0 Å². The van der Waals surface area contributed by atoms with Crippen LogP contribution in [-0.4, -0.2) is 61.2 Å². The van der Waals surface area contributed by atoms with Gasteiger partial charge in [-0.25, -0.2) is 19.6 Å². The van der Waals surface area contributed by atoms with Crippen LogP contribution in [0.2, 0.25) is 0 Å². The molecule has 12 nitrogen and oxygen atoms in total. The fourth-order valence-electron chi connectivity index (χ4n) is 5.20. The van der Waals surface area contributed by atoms with Crippen molar-refractivity contribution in [1.29, 1.82) is 0 Å². The molecule has 0 saturated heterocycles. The van der Waals surface area contributed by atoms with Crippen molar-refractivity contribution in [1.82, 2.24) is 0 Å². The minimum Gasteiger partial charge on any atom is -0.613 e. The van der Waals surface area contributed by atoms with E-state index in [1.165, 1.54) is 0 Å². The summed E-state index contributed by atoms with van der Waals surface area (Å²) < 4.78 is 20.3. The van der Waals surface area contributed by atoms with Crippen molar-refractivity contribution in [2.75, 3.05) is 26.4 Å². The standard InChI is InChI=1S/2C18H21ClN2O4.Co/c2*1-6-24-17(22)14-9(3)12(20-11(14)5)8-13-15(18(23)25-7-2)10(4)16(19)21-13;/h2*8,23H,6-7H2,1-5H3;/q;;+3/p-2/b2*12-8-,18-15+;. The van der Waals surface area contributed by atoms with Gasteiger partial charge in [0.2, 0.25) is 0 Å². The second kappa shape index (κ2) is 18.9. The number of hydrogen-bond donors (Lipinski definition) is 0. The van der Waals surface area contributed by atoms with E-state index >= 15 is 0 Å². The molecule has 51 heavy (non-hydrogen) atoms. The van der Waals surface area contributed by atoms with Crippen molar-refractivity contribution in [3.05, 3.63) is 90.3 Å². The first kappa shape index (κ1) is 43.0. The molecule has 0 bridgehead atoms. The SMILES string of the molecule is CCOC(=O)C1=C(C)/C(=C/C2=NC(Cl)=C(C)/C2=C(/[O-])OCC)N=C1C.CCOC(=O)C1=C(C)/C(=C/C2=NC(Cl)=C(C)/C2=C(/[O-])OCC)N=C1C.[Co+3]. The second-order valence-corrected chi connectivity index (χ2v) is 11.6. The van der Waals surface area contributed by atoms with E-state index in [9.17, 15) is 19.8 Å². The molecular weight excluding hydrogens is 746 g/mol. The molecule has 0 amide bonds. The van der Waals surface area contributed by atoms with Gasteiger partial charge in [-0.1, -0.05) is 37.0 Å². The van der Waals surface area contributed by atoms with E-state index in [2.05, 4.69) is 20.0 Å². The summed E-state index contributed by atoms with van der Waals surface area (Å²) in [6, 6.07) is 0. The number of esters is 2. The third kappa shape index (κ3) is 9.59. The molecule has 0 saturated carbocycles. The van der Waals surface area contributed by atoms with Gasteiger partial charge in [-0.2, -0.15) is 0 Å². The van der Waals surface area contributed by atoms with Gasteiger partial charge in [0, 0.05) is 11.1 Å². The number of rotatable bonds is 10. The summed E-state index contributed by atoms with van der Waals surface area (Å²) in [5, 5.41) is 24.9. The van der Waals surface area contributed by atoms with E-state index in [0.29, 0.717) is 78.8 Å². The average Bonchev–Trinajstić information content (AvgIpc) is 3.69. The summed E-state index contributed by atoms with van der Waals surface area (Å²) in [6.45, 7) is 18.5. The number of hydrogen-bond acceptors (Lipinski definition) is 12. The topological polar surface area (TPSA) is 167 Å². The van der Waals surface area contributed by atoms with Crippen LogP contribution in [0, 0.1) is 0 Å². The van der Waals surface area contributed by atoms with Gasteiger partial charge in [0.1, 0.15) is 10.3 Å². The van der Waals surface area contributed by atoms with E-state index in [1.807, 2.05) is 0 Å². The van der Waals surface area contributed by atoms with E-state index in [0.717, 1.165) is 0 Å². The molecule has 274 valence electrons. The zero-order chi connectivity index (χ0) is 37.4. The van der Waals surface area contributed by atoms with Gasteiger partial charge in [-0.05, 0) is 103 Å². The van der Waals surface area contributed by atoms with Crippen molar-refractivity contribution in [3.8, 4) is 0 Å². The summed E-state index contributed by atoms with van der Waals surface area (Å²) >= 11 is 12.2. The summed E-state index contributed by atoms with van der Waals surface area (Å²) in [4.78, 5) is 41.4. The Morgan fingerprint density at radius 1 is 0.569 bits per heavy atom. The monoisotopic (exact) mass is 785 g/mol. The van der Waals surface area contributed by atoms with Crippen LogP contribution in [-0.2, 0) is 45.3 Å². The Bertz CT molecular complexity index is 1740. The molecule has 0 aromatic heterocycles. The van der Waals surface area contributed by atoms with Gasteiger partial charge in [-0.15, -0.1) is 0 Å². The molecule has 0 aromatic carbocycles. The van der Waals surface area contributed by atoms with Crippen LogP contribution in [0.3, 0.4) is 0 Å². The minimum atomic E-state index is -0.489. The molecule has 4 aliphatic rings. The third-order valence-corrected chi connectivity index (χ3v) is 8.34. The van der Waals surface area contributed by atoms with Gasteiger partial charge in [0.25, 0.3) is 0 Å². The number of ether oxygens (including phenoxy) is 4. The molecule has 0 atom stereocenters. The first-order valence-electron chi connectivity index (χ1n) is 15.9. The van der Waals surface area contributed by atoms with Crippen LogP contribution in [0.1, 0.15) is 69.2 Å². The summed E-state index contributed by atoms with van der Waals surface area (Å²) in [5.74, 6) is -1.81. The van der Waals surface area contributed by atoms with E-state index < -0.39 is 23.8 Å². The average molecular weight is 787 g/mol. The van der Waals surface area contributed by atoms with Crippen LogP contribution < -0.4 is 10.2 Å². The molecule has 0 fully saturated rings. The zero-order valence-corrected chi connectivity index (χ0v) is 32.7. The van der Waals surface area contributed by atoms with Crippen molar-refractivity contribution < 1.29 is 55.5 Å². The number of carbonyl (C=O) groups is 2. The third-order valence-electron chi connectivity index (χ3n) is 7.60. The Balaban J connectivity index is 0.000000347. The van der Waals surface area contributed by atoms with E-state index in [1.54, 1.807) is 81.4 Å². The van der Waals surface area contributed by atoms with Crippen molar-refractivity contribution in [2.45, 2.75) is 69.2 Å². The van der Waals surface area contributed by atoms with Crippen molar-refractivity contribution >= 4 is 58.0 Å². The molecule has 15 heteroatoms. The van der Waals surface area contributed by atoms with Crippen LogP contribution in [0.15, 0.2) is 110 Å². The largest absolute Gasteiger partial charge is 3.00 e. The molecule has 0 spiro atoms. The smallest absolute Gasteiger partial charge is 0.613 e.